The van der Waals surface area contributed by atoms with E-state index >= 15 is 0 Å². The first-order chi connectivity index (χ1) is 21.4. The van der Waals surface area contributed by atoms with Crippen molar-refractivity contribution in [1.29, 1.82) is 0 Å². The molecule has 4 aromatic carbocycles. The number of hydrogen-bond donors (Lipinski definition) is 1. The summed E-state index contributed by atoms with van der Waals surface area (Å²) in [6.07, 6.45) is -7.23. The number of benzene rings is 4. The van der Waals surface area contributed by atoms with Crippen LogP contribution in [0.4, 0.5) is 0 Å². The third-order valence-electron chi connectivity index (χ3n) is 6.31. The van der Waals surface area contributed by atoms with Crippen molar-refractivity contribution in [3.8, 4) is 0 Å². The zero-order chi connectivity index (χ0) is 31.3. The number of carbonyl (C=O) groups is 5. The molecule has 10 nitrogen and oxygen atoms in total. The lowest BCUT2D eigenvalue weighted by Gasteiger charge is -2.32. The number of aliphatic hydroxyl groups excluding tert-OH is 1. The van der Waals surface area contributed by atoms with Gasteiger partial charge in [-0.15, -0.1) is 0 Å². The van der Waals surface area contributed by atoms with Gasteiger partial charge in [-0.05, 0) is 48.5 Å². The maximum Gasteiger partial charge on any atom is 0.338 e. The first-order valence-electron chi connectivity index (χ1n) is 13.5. The van der Waals surface area contributed by atoms with E-state index < -0.39 is 54.9 Å². The van der Waals surface area contributed by atoms with E-state index in [1.54, 1.807) is 72.8 Å². The van der Waals surface area contributed by atoms with E-state index in [-0.39, 0.29) is 28.5 Å². The third-order valence-corrected chi connectivity index (χ3v) is 6.31. The normalized spacial score (nSPS) is 13.3. The Morgan fingerprint density at radius 1 is 0.523 bits per heavy atom. The van der Waals surface area contributed by atoms with Gasteiger partial charge in [0.05, 0.1) is 22.3 Å². The molecule has 0 amide bonds. The Hall–Kier alpha value is -5.61. The Balaban J connectivity index is 1.68. The molecule has 4 aromatic rings. The van der Waals surface area contributed by atoms with Gasteiger partial charge in [0.2, 0.25) is 0 Å². The standard InChI is InChI=1S/C34H28O10/c35-21-28(42-32(38)24-15-7-2-8-16-24)30(44-34(40)26-19-11-4-12-20-26)29(43-33(39)25-17-9-3-10-18-25)27(36)22-41-31(37)23-13-5-1-6-14-23/h1-21,27-30,36H,22H2. The molecule has 1 N–H and O–H groups in total. The number of ether oxygens (including phenoxy) is 4. The van der Waals surface area contributed by atoms with Gasteiger partial charge in [0, 0.05) is 0 Å². The summed E-state index contributed by atoms with van der Waals surface area (Å²) < 4.78 is 21.9. The molecule has 0 aliphatic carbocycles. The van der Waals surface area contributed by atoms with Gasteiger partial charge in [0.15, 0.2) is 24.6 Å². The Morgan fingerprint density at radius 2 is 0.864 bits per heavy atom. The van der Waals surface area contributed by atoms with Crippen LogP contribution >= 0.6 is 0 Å². The quantitative estimate of drug-likeness (QED) is 0.136. The van der Waals surface area contributed by atoms with E-state index in [2.05, 4.69) is 0 Å². The predicted molar refractivity (Wildman–Crippen MR) is 156 cm³/mol. The number of carbonyl (C=O) groups excluding carboxylic acids is 5. The topological polar surface area (TPSA) is 143 Å². The second-order valence-corrected chi connectivity index (χ2v) is 9.38. The van der Waals surface area contributed by atoms with Crippen LogP contribution in [0, 0.1) is 0 Å². The van der Waals surface area contributed by atoms with E-state index in [1.165, 1.54) is 48.5 Å². The summed E-state index contributed by atoms with van der Waals surface area (Å²) in [5, 5.41) is 11.2. The minimum absolute atomic E-state index is 0.0645. The van der Waals surface area contributed by atoms with Gasteiger partial charge in [-0.25, -0.2) is 19.2 Å². The summed E-state index contributed by atoms with van der Waals surface area (Å²) in [6.45, 7) is -0.738. The monoisotopic (exact) mass is 596 g/mol. The van der Waals surface area contributed by atoms with Gasteiger partial charge < -0.3 is 24.1 Å². The molecule has 44 heavy (non-hydrogen) atoms. The zero-order valence-corrected chi connectivity index (χ0v) is 23.3. The minimum atomic E-state index is -1.87. The average Bonchev–Trinajstić information content (AvgIpc) is 3.08. The highest BCUT2D eigenvalue weighted by molar-refractivity contribution is 5.92. The molecule has 0 heterocycles. The van der Waals surface area contributed by atoms with Crippen LogP contribution < -0.4 is 0 Å². The minimum Gasteiger partial charge on any atom is -0.459 e. The average molecular weight is 597 g/mol. The summed E-state index contributed by atoms with van der Waals surface area (Å²) >= 11 is 0. The van der Waals surface area contributed by atoms with Crippen molar-refractivity contribution < 1.29 is 48.0 Å². The van der Waals surface area contributed by atoms with Crippen LogP contribution in [0.5, 0.6) is 0 Å². The molecule has 0 saturated carbocycles. The first kappa shape index (κ1) is 31.3. The molecule has 4 rings (SSSR count). The van der Waals surface area contributed by atoms with E-state index in [9.17, 15) is 29.1 Å². The largest absolute Gasteiger partial charge is 0.459 e. The van der Waals surface area contributed by atoms with Crippen LogP contribution in [0.1, 0.15) is 41.4 Å². The second-order valence-electron chi connectivity index (χ2n) is 9.38. The Kier molecular flexibility index (Phi) is 11.1. The first-order valence-corrected chi connectivity index (χ1v) is 13.5. The molecule has 0 fully saturated rings. The lowest BCUT2D eigenvalue weighted by atomic mass is 10.0. The Labute approximate surface area is 252 Å². The highest BCUT2D eigenvalue weighted by Gasteiger charge is 2.43. The maximum absolute atomic E-state index is 13.2. The molecule has 4 unspecified atom stereocenters. The maximum atomic E-state index is 13.2. The summed E-state index contributed by atoms with van der Waals surface area (Å²) in [7, 11) is 0. The smallest absolute Gasteiger partial charge is 0.338 e. The highest BCUT2D eigenvalue weighted by atomic mass is 16.6. The van der Waals surface area contributed by atoms with Crippen molar-refractivity contribution in [2.45, 2.75) is 24.4 Å². The molecule has 0 saturated heterocycles. The Bertz CT molecular complexity index is 1540. The van der Waals surface area contributed by atoms with Crippen molar-refractivity contribution in [1.82, 2.24) is 0 Å². The molecule has 0 aliphatic heterocycles. The van der Waals surface area contributed by atoms with Crippen molar-refractivity contribution in [2.24, 2.45) is 0 Å². The number of rotatable bonds is 13. The molecule has 10 heteroatoms. The van der Waals surface area contributed by atoms with Crippen molar-refractivity contribution in [3.63, 3.8) is 0 Å². The molecule has 0 bridgehead atoms. The van der Waals surface area contributed by atoms with E-state index in [1.807, 2.05) is 0 Å². The van der Waals surface area contributed by atoms with Crippen molar-refractivity contribution >= 4 is 30.2 Å². The molecular formula is C34H28O10. The van der Waals surface area contributed by atoms with Gasteiger partial charge >= 0.3 is 23.9 Å². The van der Waals surface area contributed by atoms with Crippen LogP contribution in [-0.4, -0.2) is 66.3 Å². The molecular weight excluding hydrogens is 568 g/mol. The predicted octanol–water partition coefficient (Wildman–Crippen LogP) is 4.08. The van der Waals surface area contributed by atoms with Gasteiger partial charge in [-0.1, -0.05) is 72.8 Å². The summed E-state index contributed by atoms with van der Waals surface area (Å²) in [5.74, 6) is -3.66. The lowest BCUT2D eigenvalue weighted by molar-refractivity contribution is -0.142. The fourth-order valence-corrected chi connectivity index (χ4v) is 4.07. The van der Waals surface area contributed by atoms with Gasteiger partial charge in [0.25, 0.3) is 0 Å². The van der Waals surface area contributed by atoms with Crippen molar-refractivity contribution in [2.75, 3.05) is 6.61 Å². The van der Waals surface area contributed by atoms with Crippen LogP contribution in [-0.2, 0) is 23.7 Å². The third kappa shape index (κ3) is 8.46. The number of esters is 4. The van der Waals surface area contributed by atoms with Crippen LogP contribution in [0.2, 0.25) is 0 Å². The SMILES string of the molecule is O=CC(OC(=O)c1ccccc1)C(OC(=O)c1ccccc1)C(OC(=O)c1ccccc1)C(O)COC(=O)c1ccccc1. The van der Waals surface area contributed by atoms with Crippen molar-refractivity contribution in [3.05, 3.63) is 144 Å². The number of aliphatic hydroxyl groups is 1. The summed E-state index contributed by atoms with van der Waals surface area (Å²) in [6, 6.07) is 31.0. The molecule has 0 aromatic heterocycles. The van der Waals surface area contributed by atoms with E-state index in [0.717, 1.165) is 0 Å². The molecule has 0 radical (unpaired) electrons. The highest BCUT2D eigenvalue weighted by Crippen LogP contribution is 2.21. The van der Waals surface area contributed by atoms with Gasteiger partial charge in [0.1, 0.15) is 12.7 Å². The molecule has 0 aliphatic rings. The lowest BCUT2D eigenvalue weighted by Crippen LogP contribution is -2.52. The molecule has 4 atom stereocenters. The summed E-state index contributed by atoms with van der Waals surface area (Å²) in [5.41, 5.74) is 0.410. The van der Waals surface area contributed by atoms with E-state index in [4.69, 9.17) is 18.9 Å². The van der Waals surface area contributed by atoms with Crippen LogP contribution in [0.15, 0.2) is 121 Å². The van der Waals surface area contributed by atoms with E-state index in [0.29, 0.717) is 0 Å². The van der Waals surface area contributed by atoms with Crippen LogP contribution in [0.25, 0.3) is 0 Å². The Morgan fingerprint density at radius 3 is 1.25 bits per heavy atom. The van der Waals surface area contributed by atoms with Crippen LogP contribution in [0.3, 0.4) is 0 Å². The van der Waals surface area contributed by atoms with Gasteiger partial charge in [-0.2, -0.15) is 0 Å². The summed E-state index contributed by atoms with van der Waals surface area (Å²) in [4.78, 5) is 64.2. The molecule has 224 valence electrons. The fraction of sp³-hybridized carbons (Fsp3) is 0.147. The fourth-order valence-electron chi connectivity index (χ4n) is 4.07. The second kappa shape index (κ2) is 15.6. The number of aldehydes is 1. The zero-order valence-electron chi connectivity index (χ0n) is 23.3. The van der Waals surface area contributed by atoms with Gasteiger partial charge in [-0.3, -0.25) is 4.79 Å². The molecule has 0 spiro atoms. The number of hydrogen-bond acceptors (Lipinski definition) is 10.